The number of ether oxygens (including phenoxy) is 3. The second-order valence-corrected chi connectivity index (χ2v) is 3.30. The molecule has 0 aromatic heterocycles. The summed E-state index contributed by atoms with van der Waals surface area (Å²) in [6.07, 6.45) is 1.23. The van der Waals surface area contributed by atoms with Crippen molar-refractivity contribution in [3.05, 3.63) is 17.7 Å². The van der Waals surface area contributed by atoms with Gasteiger partial charge in [0.15, 0.2) is 11.5 Å². The highest BCUT2D eigenvalue weighted by Gasteiger charge is 2.13. The van der Waals surface area contributed by atoms with E-state index in [1.54, 1.807) is 12.1 Å². The molecule has 0 saturated heterocycles. The number of methoxy groups -OCH3 is 2. The molecule has 1 N–H and O–H groups in total. The van der Waals surface area contributed by atoms with E-state index in [0.717, 1.165) is 0 Å². The van der Waals surface area contributed by atoms with Crippen molar-refractivity contribution >= 4 is 6.29 Å². The molecular formula is C12H16O5. The number of aldehydes is 1. The van der Waals surface area contributed by atoms with Gasteiger partial charge in [-0.15, -0.1) is 0 Å². The smallest absolute Gasteiger partial charge is 0.203 e. The molecule has 1 aromatic rings. The van der Waals surface area contributed by atoms with Crippen molar-refractivity contribution in [3.63, 3.8) is 0 Å². The van der Waals surface area contributed by atoms with E-state index in [9.17, 15) is 4.79 Å². The highest BCUT2D eigenvalue weighted by Crippen LogP contribution is 2.38. The standard InChI is InChI=1S/C12H16O5/c1-15-10-6-9(8-14)7-11(16-2)12(10)17-5-3-4-13/h6-8,13H,3-5H2,1-2H3. The predicted octanol–water partition coefficient (Wildman–Crippen LogP) is 1.28. The van der Waals surface area contributed by atoms with Crippen LogP contribution in [-0.4, -0.2) is 38.8 Å². The van der Waals surface area contributed by atoms with Gasteiger partial charge < -0.3 is 19.3 Å². The van der Waals surface area contributed by atoms with Gasteiger partial charge in [-0.3, -0.25) is 4.79 Å². The van der Waals surface area contributed by atoms with Crippen molar-refractivity contribution in [3.8, 4) is 17.2 Å². The summed E-state index contributed by atoms with van der Waals surface area (Å²) < 4.78 is 15.7. The van der Waals surface area contributed by atoms with Crippen molar-refractivity contribution in [2.24, 2.45) is 0 Å². The van der Waals surface area contributed by atoms with E-state index in [1.165, 1.54) is 14.2 Å². The average Bonchev–Trinajstić information content (AvgIpc) is 2.38. The second-order valence-electron chi connectivity index (χ2n) is 3.30. The monoisotopic (exact) mass is 240 g/mol. The van der Waals surface area contributed by atoms with E-state index in [2.05, 4.69) is 0 Å². The van der Waals surface area contributed by atoms with Gasteiger partial charge in [-0.1, -0.05) is 0 Å². The number of carbonyl (C=O) groups is 1. The molecule has 0 aliphatic carbocycles. The Balaban J connectivity index is 3.01. The molecule has 5 heteroatoms. The normalized spacial score (nSPS) is 9.82. The summed E-state index contributed by atoms with van der Waals surface area (Å²) in [6.45, 7) is 0.403. The zero-order chi connectivity index (χ0) is 12.7. The minimum Gasteiger partial charge on any atom is -0.493 e. The van der Waals surface area contributed by atoms with Gasteiger partial charge >= 0.3 is 0 Å². The Morgan fingerprint density at radius 3 is 2.24 bits per heavy atom. The molecule has 94 valence electrons. The van der Waals surface area contributed by atoms with E-state index < -0.39 is 0 Å². The van der Waals surface area contributed by atoms with Gasteiger partial charge in [-0.05, 0) is 12.1 Å². The van der Waals surface area contributed by atoms with Crippen molar-refractivity contribution in [1.29, 1.82) is 0 Å². The quantitative estimate of drug-likeness (QED) is 0.574. The summed E-state index contributed by atoms with van der Waals surface area (Å²) in [7, 11) is 2.98. The number of hydrogen-bond donors (Lipinski definition) is 1. The third-order valence-electron chi connectivity index (χ3n) is 2.17. The molecule has 0 spiro atoms. The molecule has 0 heterocycles. The molecule has 0 aliphatic rings. The molecule has 0 unspecified atom stereocenters. The molecule has 0 bridgehead atoms. The van der Waals surface area contributed by atoms with Crippen molar-refractivity contribution in [2.75, 3.05) is 27.4 Å². The van der Waals surface area contributed by atoms with Crippen molar-refractivity contribution < 1.29 is 24.1 Å². The molecule has 17 heavy (non-hydrogen) atoms. The predicted molar refractivity (Wildman–Crippen MR) is 62.1 cm³/mol. The SMILES string of the molecule is COc1cc(C=O)cc(OC)c1OCCCO. The Kier molecular flexibility index (Phi) is 5.29. The Morgan fingerprint density at radius 2 is 1.82 bits per heavy atom. The molecule has 0 fully saturated rings. The van der Waals surface area contributed by atoms with E-state index in [1.807, 2.05) is 0 Å². The minimum atomic E-state index is 0.0526. The number of hydrogen-bond acceptors (Lipinski definition) is 5. The van der Waals surface area contributed by atoms with Gasteiger partial charge in [0, 0.05) is 18.6 Å². The third kappa shape index (κ3) is 3.35. The Labute approximate surface area is 99.9 Å². The average molecular weight is 240 g/mol. The number of aliphatic hydroxyl groups excluding tert-OH is 1. The Bertz CT molecular complexity index is 350. The van der Waals surface area contributed by atoms with Crippen LogP contribution < -0.4 is 14.2 Å². The Hall–Kier alpha value is -1.75. The lowest BCUT2D eigenvalue weighted by Crippen LogP contribution is -2.03. The number of rotatable bonds is 7. The van der Waals surface area contributed by atoms with Crippen molar-refractivity contribution in [2.45, 2.75) is 6.42 Å². The minimum absolute atomic E-state index is 0.0526. The molecular weight excluding hydrogens is 224 g/mol. The van der Waals surface area contributed by atoms with Gasteiger partial charge in [0.1, 0.15) is 6.29 Å². The molecule has 0 amide bonds. The van der Waals surface area contributed by atoms with Gasteiger partial charge in [-0.25, -0.2) is 0 Å². The molecule has 0 atom stereocenters. The lowest BCUT2D eigenvalue weighted by Gasteiger charge is -2.14. The molecule has 1 rings (SSSR count). The van der Waals surface area contributed by atoms with Crippen LogP contribution in [0.25, 0.3) is 0 Å². The summed E-state index contributed by atoms with van der Waals surface area (Å²) in [5.74, 6) is 1.31. The number of carbonyl (C=O) groups excluding carboxylic acids is 1. The summed E-state index contributed by atoms with van der Waals surface area (Å²) in [5, 5.41) is 8.69. The first-order valence-corrected chi connectivity index (χ1v) is 5.21. The lowest BCUT2D eigenvalue weighted by atomic mass is 10.2. The van der Waals surface area contributed by atoms with Crippen molar-refractivity contribution in [1.82, 2.24) is 0 Å². The fourth-order valence-corrected chi connectivity index (χ4v) is 1.35. The highest BCUT2D eigenvalue weighted by atomic mass is 16.5. The number of aliphatic hydroxyl groups is 1. The summed E-state index contributed by atoms with van der Waals surface area (Å²) in [5.41, 5.74) is 0.452. The van der Waals surface area contributed by atoms with E-state index >= 15 is 0 Å². The molecule has 0 aliphatic heterocycles. The number of benzene rings is 1. The van der Waals surface area contributed by atoms with Crippen LogP contribution in [0.5, 0.6) is 17.2 Å². The van der Waals surface area contributed by atoms with E-state index in [-0.39, 0.29) is 6.61 Å². The maximum atomic E-state index is 10.7. The van der Waals surface area contributed by atoms with Crippen LogP contribution in [0, 0.1) is 0 Å². The van der Waals surface area contributed by atoms with Gasteiger partial charge in [0.2, 0.25) is 5.75 Å². The van der Waals surface area contributed by atoms with Gasteiger partial charge in [-0.2, -0.15) is 0 Å². The van der Waals surface area contributed by atoms with Crippen LogP contribution in [0.3, 0.4) is 0 Å². The zero-order valence-corrected chi connectivity index (χ0v) is 9.93. The molecule has 0 radical (unpaired) electrons. The van der Waals surface area contributed by atoms with Crippen LogP contribution >= 0.6 is 0 Å². The van der Waals surface area contributed by atoms with Crippen LogP contribution in [0.2, 0.25) is 0 Å². The first kappa shape index (κ1) is 13.3. The zero-order valence-electron chi connectivity index (χ0n) is 9.93. The largest absolute Gasteiger partial charge is 0.493 e. The summed E-state index contributed by atoms with van der Waals surface area (Å²) in [6, 6.07) is 3.15. The lowest BCUT2D eigenvalue weighted by molar-refractivity contribution is 0.112. The van der Waals surface area contributed by atoms with E-state index in [0.29, 0.717) is 42.1 Å². The van der Waals surface area contributed by atoms with Crippen LogP contribution in [0.4, 0.5) is 0 Å². The van der Waals surface area contributed by atoms with Gasteiger partial charge in [0.25, 0.3) is 0 Å². The first-order valence-electron chi connectivity index (χ1n) is 5.21. The molecule has 5 nitrogen and oxygen atoms in total. The molecule has 0 saturated carbocycles. The third-order valence-corrected chi connectivity index (χ3v) is 2.17. The maximum Gasteiger partial charge on any atom is 0.203 e. The topological polar surface area (TPSA) is 65.0 Å². The fourth-order valence-electron chi connectivity index (χ4n) is 1.35. The summed E-state index contributed by atoms with van der Waals surface area (Å²) >= 11 is 0. The van der Waals surface area contributed by atoms with Gasteiger partial charge in [0.05, 0.1) is 20.8 Å². The van der Waals surface area contributed by atoms with Crippen LogP contribution in [0.15, 0.2) is 12.1 Å². The maximum absolute atomic E-state index is 10.7. The summed E-state index contributed by atoms with van der Waals surface area (Å²) in [4.78, 5) is 10.7. The van der Waals surface area contributed by atoms with E-state index in [4.69, 9.17) is 19.3 Å². The first-order chi connectivity index (χ1) is 8.26. The van der Waals surface area contributed by atoms with Crippen LogP contribution in [-0.2, 0) is 0 Å². The Morgan fingerprint density at radius 1 is 1.24 bits per heavy atom. The highest BCUT2D eigenvalue weighted by molar-refractivity contribution is 5.78. The molecule has 1 aromatic carbocycles. The second kappa shape index (κ2) is 6.75. The fraction of sp³-hybridized carbons (Fsp3) is 0.417. The van der Waals surface area contributed by atoms with Crippen LogP contribution in [0.1, 0.15) is 16.8 Å².